The van der Waals surface area contributed by atoms with E-state index >= 15 is 0 Å². The van der Waals surface area contributed by atoms with Crippen LogP contribution in [0.1, 0.15) is 68.4 Å². The van der Waals surface area contributed by atoms with E-state index < -0.39 is 0 Å². The Hall–Kier alpha value is -4.12. The maximum Gasteiger partial charge on any atom is 0.248 e. The topological polar surface area (TPSA) is 127 Å². The van der Waals surface area contributed by atoms with Crippen molar-refractivity contribution >= 4 is 23.4 Å². The van der Waals surface area contributed by atoms with Crippen LogP contribution in [0.3, 0.4) is 0 Å². The molecule has 4 aromatic rings. The zero-order chi connectivity index (χ0) is 28.2. The molecule has 11 heteroatoms. The number of hydrogen-bond donors (Lipinski definition) is 2. The van der Waals surface area contributed by atoms with E-state index in [1.54, 1.807) is 4.68 Å². The predicted octanol–water partition coefficient (Wildman–Crippen LogP) is 4.52. The van der Waals surface area contributed by atoms with Crippen LogP contribution in [0.5, 0.6) is 0 Å². The normalized spacial score (nSPS) is 23.6. The van der Waals surface area contributed by atoms with Crippen molar-refractivity contribution in [2.45, 2.75) is 63.3 Å². The molecule has 4 aromatic heterocycles. The van der Waals surface area contributed by atoms with E-state index in [9.17, 15) is 0 Å². The Balaban J connectivity index is 1.03. The van der Waals surface area contributed by atoms with E-state index in [2.05, 4.69) is 38.1 Å². The summed E-state index contributed by atoms with van der Waals surface area (Å²) < 4.78 is 1.65. The molecular weight excluding hydrogens is 526 g/mol. The quantitative estimate of drug-likeness (QED) is 0.331. The molecule has 2 bridgehead atoms. The molecule has 3 fully saturated rings. The molecule has 216 valence electrons. The number of nitrogens with one attached hydrogen (secondary N) is 1. The van der Waals surface area contributed by atoms with Gasteiger partial charge in [-0.05, 0) is 93.0 Å². The summed E-state index contributed by atoms with van der Waals surface area (Å²) in [6.07, 6.45) is 12.9. The molecule has 1 aliphatic heterocycles. The second-order valence-corrected chi connectivity index (χ2v) is 12.5. The lowest BCUT2D eigenvalue weighted by Crippen LogP contribution is -2.52. The molecule has 0 spiro atoms. The van der Waals surface area contributed by atoms with Gasteiger partial charge in [0.05, 0.1) is 17.6 Å². The maximum atomic E-state index is 6.43. The number of rotatable bonds is 7. The minimum Gasteiger partial charge on any atom is -0.368 e. The number of hydrogen-bond acceptors (Lipinski definition) is 10. The van der Waals surface area contributed by atoms with Crippen molar-refractivity contribution in [2.75, 3.05) is 42.1 Å². The van der Waals surface area contributed by atoms with Crippen molar-refractivity contribution in [3.8, 4) is 17.1 Å². The average Bonchev–Trinajstić information content (AvgIpc) is 3.78. The Morgan fingerprint density at radius 3 is 2.43 bits per heavy atom. The van der Waals surface area contributed by atoms with Crippen molar-refractivity contribution in [2.24, 2.45) is 5.92 Å². The number of nitrogen functional groups attached to an aromatic ring is 1. The Morgan fingerprint density at radius 2 is 1.71 bits per heavy atom. The van der Waals surface area contributed by atoms with Crippen LogP contribution in [0.4, 0.5) is 23.4 Å². The first kappa shape index (κ1) is 25.6. The minimum atomic E-state index is 0.287. The van der Waals surface area contributed by atoms with Crippen molar-refractivity contribution in [1.82, 2.24) is 39.8 Å². The summed E-state index contributed by atoms with van der Waals surface area (Å²) in [5, 5.41) is 17.4. The highest BCUT2D eigenvalue weighted by atomic mass is 15.5. The van der Waals surface area contributed by atoms with Gasteiger partial charge in [0.2, 0.25) is 11.9 Å². The molecule has 0 radical (unpaired) electrons. The van der Waals surface area contributed by atoms with E-state index in [-0.39, 0.29) is 5.95 Å². The molecular formula is C31H37N11. The zero-order valence-corrected chi connectivity index (χ0v) is 24.0. The molecule has 2 saturated carbocycles. The van der Waals surface area contributed by atoms with Crippen LogP contribution >= 0.6 is 0 Å². The molecule has 5 aliphatic rings. The Labute approximate surface area is 245 Å². The molecule has 0 aromatic carbocycles. The largest absolute Gasteiger partial charge is 0.368 e. The van der Waals surface area contributed by atoms with Crippen molar-refractivity contribution in [3.63, 3.8) is 0 Å². The second kappa shape index (κ2) is 10.3. The van der Waals surface area contributed by atoms with Crippen molar-refractivity contribution in [3.05, 3.63) is 54.0 Å². The van der Waals surface area contributed by atoms with Crippen LogP contribution in [0.15, 0.2) is 42.9 Å². The molecule has 42 heavy (non-hydrogen) atoms. The van der Waals surface area contributed by atoms with Crippen molar-refractivity contribution in [1.29, 1.82) is 0 Å². The fraction of sp³-hybridized carbons (Fsp3) is 0.484. The minimum absolute atomic E-state index is 0.287. The number of aromatic nitrogens is 7. The van der Waals surface area contributed by atoms with E-state index in [0.717, 1.165) is 61.2 Å². The Kier molecular flexibility index (Phi) is 6.28. The highest BCUT2D eigenvalue weighted by Gasteiger charge is 2.39. The van der Waals surface area contributed by atoms with E-state index in [1.807, 2.05) is 36.8 Å². The van der Waals surface area contributed by atoms with Crippen LogP contribution in [-0.4, -0.2) is 72.1 Å². The Morgan fingerprint density at radius 1 is 0.929 bits per heavy atom. The molecule has 5 heterocycles. The molecule has 11 nitrogen and oxygen atoms in total. The summed E-state index contributed by atoms with van der Waals surface area (Å²) >= 11 is 0. The number of pyridine rings is 2. The standard InChI is InChI=1S/C31H37N11/c1-19-17-41(15-14-40(19)18-20-2-3-20)25-9-8-24(16-34-25)35-31-36-30(32)42(39-31)29-27-22-6-4-21(5-7-22)26(27)28(37-38-29)23-10-12-33-13-11-23/h8-13,16,19-22H,2-7,14-15,17-18H2,1H3,(H3,32,35,36,39)/t19-,21?,22?/m0/s1. The fourth-order valence-corrected chi connectivity index (χ4v) is 7.23. The molecule has 3 N–H and O–H groups in total. The number of nitrogens with zero attached hydrogens (tertiary/aromatic N) is 9. The van der Waals surface area contributed by atoms with Crippen LogP contribution in [-0.2, 0) is 0 Å². The Bertz CT molecular complexity index is 1570. The average molecular weight is 564 g/mol. The summed E-state index contributed by atoms with van der Waals surface area (Å²) in [5.41, 5.74) is 11.8. The first-order valence-electron chi connectivity index (χ1n) is 15.4. The molecule has 0 amide bonds. The lowest BCUT2D eigenvalue weighted by molar-refractivity contribution is 0.181. The summed E-state index contributed by atoms with van der Waals surface area (Å²) in [6.45, 7) is 6.68. The number of piperazine rings is 1. The molecule has 0 unspecified atom stereocenters. The number of nitrogens with two attached hydrogens (primary N) is 1. The van der Waals surface area contributed by atoms with Gasteiger partial charge < -0.3 is 16.0 Å². The lowest BCUT2D eigenvalue weighted by Gasteiger charge is -2.40. The van der Waals surface area contributed by atoms with Crippen LogP contribution in [0.25, 0.3) is 17.1 Å². The number of fused-ring (bicyclic) bond motifs is 2. The van der Waals surface area contributed by atoms with E-state index in [4.69, 9.17) is 26.0 Å². The predicted molar refractivity (Wildman–Crippen MR) is 162 cm³/mol. The maximum absolute atomic E-state index is 6.43. The highest BCUT2D eigenvalue weighted by molar-refractivity contribution is 5.68. The SMILES string of the molecule is C[C@H]1CN(c2ccc(Nc3nc(N)n(-c4nnc(-c5ccncc5)c5c4C4CCC5CC4)n3)cn2)CCN1CC1CC1. The van der Waals surface area contributed by atoms with Crippen LogP contribution in [0, 0.1) is 5.92 Å². The van der Waals surface area contributed by atoms with Gasteiger partial charge >= 0.3 is 0 Å². The van der Waals surface area contributed by atoms with Gasteiger partial charge in [0, 0.05) is 55.7 Å². The van der Waals surface area contributed by atoms with Gasteiger partial charge in [-0.1, -0.05) is 0 Å². The summed E-state index contributed by atoms with van der Waals surface area (Å²) in [6, 6.07) is 8.66. The van der Waals surface area contributed by atoms with Gasteiger partial charge in [-0.15, -0.1) is 15.3 Å². The van der Waals surface area contributed by atoms with Gasteiger partial charge in [0.1, 0.15) is 5.82 Å². The molecule has 1 atom stereocenters. The zero-order valence-electron chi connectivity index (χ0n) is 24.0. The smallest absolute Gasteiger partial charge is 0.248 e. The summed E-state index contributed by atoms with van der Waals surface area (Å²) in [7, 11) is 0. The third kappa shape index (κ3) is 4.65. The van der Waals surface area contributed by atoms with Gasteiger partial charge in [-0.25, -0.2) is 4.98 Å². The van der Waals surface area contributed by atoms with Crippen molar-refractivity contribution < 1.29 is 0 Å². The lowest BCUT2D eigenvalue weighted by atomic mass is 9.66. The van der Waals surface area contributed by atoms with Gasteiger partial charge in [-0.2, -0.15) is 9.67 Å². The molecule has 9 rings (SSSR count). The first-order valence-corrected chi connectivity index (χ1v) is 15.4. The summed E-state index contributed by atoms with van der Waals surface area (Å²) in [5.74, 6) is 4.22. The summed E-state index contributed by atoms with van der Waals surface area (Å²) in [4.78, 5) is 18.5. The molecule has 4 aliphatic carbocycles. The fourth-order valence-electron chi connectivity index (χ4n) is 7.23. The monoisotopic (exact) mass is 563 g/mol. The van der Waals surface area contributed by atoms with Gasteiger partial charge in [0.25, 0.3) is 0 Å². The first-order chi connectivity index (χ1) is 20.6. The third-order valence-corrected chi connectivity index (χ3v) is 9.64. The highest BCUT2D eigenvalue weighted by Crippen LogP contribution is 2.53. The van der Waals surface area contributed by atoms with E-state index in [0.29, 0.717) is 29.6 Å². The molecule has 1 saturated heterocycles. The number of anilines is 4. The van der Waals surface area contributed by atoms with Crippen LogP contribution in [0.2, 0.25) is 0 Å². The van der Waals surface area contributed by atoms with Gasteiger partial charge in [0.15, 0.2) is 5.82 Å². The van der Waals surface area contributed by atoms with E-state index in [1.165, 1.54) is 43.4 Å². The van der Waals surface area contributed by atoms with Gasteiger partial charge in [-0.3, -0.25) is 9.88 Å². The third-order valence-electron chi connectivity index (χ3n) is 9.64. The van der Waals surface area contributed by atoms with Crippen LogP contribution < -0.4 is 16.0 Å². The second-order valence-electron chi connectivity index (χ2n) is 12.5.